The third-order valence-electron chi connectivity index (χ3n) is 6.39. The van der Waals surface area contributed by atoms with Gasteiger partial charge in [-0.1, -0.05) is 19.1 Å². The van der Waals surface area contributed by atoms with Crippen LogP contribution in [0, 0.1) is 11.7 Å². The normalized spacial score (nSPS) is 19.0. The zero-order valence-electron chi connectivity index (χ0n) is 20.3. The van der Waals surface area contributed by atoms with Crippen LogP contribution in [0.3, 0.4) is 0 Å². The van der Waals surface area contributed by atoms with Gasteiger partial charge in [-0.05, 0) is 55.4 Å². The number of likely N-dealkylation sites (N-methyl/N-ethyl adjacent to an activating group) is 1. The maximum atomic E-state index is 13.6. The predicted octanol–water partition coefficient (Wildman–Crippen LogP) is 3.63. The van der Waals surface area contributed by atoms with Crippen LogP contribution in [0.25, 0.3) is 11.1 Å². The van der Waals surface area contributed by atoms with Crippen LogP contribution in [0.2, 0.25) is 0 Å². The molecule has 0 fully saturated rings. The first kappa shape index (κ1) is 24.8. The molecule has 0 unspecified atom stereocenters. The van der Waals surface area contributed by atoms with Gasteiger partial charge in [-0.25, -0.2) is 9.37 Å². The van der Waals surface area contributed by atoms with Crippen molar-refractivity contribution >= 4 is 5.91 Å². The highest BCUT2D eigenvalue weighted by Crippen LogP contribution is 2.30. The van der Waals surface area contributed by atoms with E-state index in [-0.39, 0.29) is 42.3 Å². The Hall–Kier alpha value is -3.36. The first-order valence-electron chi connectivity index (χ1n) is 11.8. The number of pyridine rings is 2. The molecular weight excluding hydrogens is 447 g/mol. The van der Waals surface area contributed by atoms with E-state index in [9.17, 15) is 14.3 Å². The summed E-state index contributed by atoms with van der Waals surface area (Å²) in [5.74, 6) is -0.201. The van der Waals surface area contributed by atoms with Gasteiger partial charge in [0.2, 0.25) is 5.88 Å². The number of carbonyl (C=O) groups excluding carboxylic acids is 1. The summed E-state index contributed by atoms with van der Waals surface area (Å²) in [5.41, 5.74) is 3.06. The van der Waals surface area contributed by atoms with Crippen LogP contribution >= 0.6 is 0 Å². The van der Waals surface area contributed by atoms with Gasteiger partial charge in [-0.3, -0.25) is 14.7 Å². The highest BCUT2D eigenvalue weighted by Gasteiger charge is 2.34. The molecule has 3 heterocycles. The number of hydrogen-bond donors (Lipinski definition) is 1. The van der Waals surface area contributed by atoms with E-state index in [0.717, 1.165) is 16.7 Å². The number of amides is 1. The van der Waals surface area contributed by atoms with Crippen molar-refractivity contribution in [2.75, 3.05) is 26.7 Å². The number of halogens is 1. The smallest absolute Gasteiger partial charge is 0.259 e. The molecule has 1 aliphatic rings. The van der Waals surface area contributed by atoms with Gasteiger partial charge in [0, 0.05) is 49.7 Å². The number of nitrogens with zero attached hydrogens (tertiary/aromatic N) is 4. The largest absolute Gasteiger partial charge is 0.472 e. The number of fused-ring (bicyclic) bond motifs is 1. The summed E-state index contributed by atoms with van der Waals surface area (Å²) >= 11 is 0. The van der Waals surface area contributed by atoms with E-state index in [1.165, 1.54) is 12.1 Å². The topological polar surface area (TPSA) is 78.8 Å². The number of rotatable bonds is 7. The maximum absolute atomic E-state index is 13.6. The Balaban J connectivity index is 1.63. The standard InChI is InChI=1S/C27H31FN4O3/c1-18-14-32(19(2)17-33)27(34)24-12-22(21-8-10-29-11-9-21)13-30-26(24)35-25(18)16-31(3)15-20-4-6-23(28)7-5-20/h4-13,18-19,25,33H,14-17H2,1-3H3/t18-,19-,25+/m1/s1. The van der Waals surface area contributed by atoms with Crippen LogP contribution in [0.15, 0.2) is 61.1 Å². The first-order chi connectivity index (χ1) is 16.9. The molecule has 184 valence electrons. The summed E-state index contributed by atoms with van der Waals surface area (Å²) in [6.07, 6.45) is 4.84. The second kappa shape index (κ2) is 10.9. The number of ether oxygens (including phenoxy) is 1. The lowest BCUT2D eigenvalue weighted by molar-refractivity contribution is 0.0325. The molecule has 1 aromatic carbocycles. The molecule has 0 aliphatic carbocycles. The lowest BCUT2D eigenvalue weighted by Crippen LogP contribution is -2.49. The van der Waals surface area contributed by atoms with E-state index in [0.29, 0.717) is 25.2 Å². The minimum Gasteiger partial charge on any atom is -0.472 e. The molecule has 2 aromatic heterocycles. The van der Waals surface area contributed by atoms with Gasteiger partial charge >= 0.3 is 0 Å². The molecule has 1 aliphatic heterocycles. The highest BCUT2D eigenvalue weighted by molar-refractivity contribution is 5.98. The monoisotopic (exact) mass is 478 g/mol. The van der Waals surface area contributed by atoms with Gasteiger partial charge in [0.15, 0.2) is 0 Å². The van der Waals surface area contributed by atoms with E-state index in [2.05, 4.69) is 14.9 Å². The molecule has 0 radical (unpaired) electrons. The summed E-state index contributed by atoms with van der Waals surface area (Å²) in [5, 5.41) is 9.85. The van der Waals surface area contributed by atoms with Gasteiger partial charge < -0.3 is 14.7 Å². The molecule has 0 saturated carbocycles. The summed E-state index contributed by atoms with van der Waals surface area (Å²) in [6, 6.07) is 11.6. The second-order valence-corrected chi connectivity index (χ2v) is 9.26. The van der Waals surface area contributed by atoms with Crippen molar-refractivity contribution in [2.45, 2.75) is 32.5 Å². The Morgan fingerprint density at radius 3 is 2.60 bits per heavy atom. The Morgan fingerprint density at radius 1 is 1.20 bits per heavy atom. The van der Waals surface area contributed by atoms with Crippen LogP contribution in [-0.4, -0.2) is 69.7 Å². The molecule has 1 amide bonds. The molecule has 35 heavy (non-hydrogen) atoms. The summed E-state index contributed by atoms with van der Waals surface area (Å²) in [4.78, 5) is 26.0. The van der Waals surface area contributed by atoms with Crippen molar-refractivity contribution < 1.29 is 19.0 Å². The molecule has 7 nitrogen and oxygen atoms in total. The Bertz CT molecular complexity index is 1140. The maximum Gasteiger partial charge on any atom is 0.259 e. The number of benzene rings is 1. The average molecular weight is 479 g/mol. The zero-order chi connectivity index (χ0) is 24.9. The van der Waals surface area contributed by atoms with Gasteiger partial charge in [-0.15, -0.1) is 0 Å². The molecule has 3 atom stereocenters. The van der Waals surface area contributed by atoms with Gasteiger partial charge in [0.05, 0.1) is 12.6 Å². The van der Waals surface area contributed by atoms with Crippen LogP contribution in [0.5, 0.6) is 5.88 Å². The Kier molecular flexibility index (Phi) is 7.73. The lowest BCUT2D eigenvalue weighted by atomic mass is 9.99. The predicted molar refractivity (Wildman–Crippen MR) is 131 cm³/mol. The number of aromatic nitrogens is 2. The van der Waals surface area contributed by atoms with Crippen molar-refractivity contribution in [3.63, 3.8) is 0 Å². The molecule has 0 spiro atoms. The molecule has 0 bridgehead atoms. The molecule has 3 aromatic rings. The van der Waals surface area contributed by atoms with Crippen molar-refractivity contribution in [3.05, 3.63) is 78.0 Å². The van der Waals surface area contributed by atoms with Crippen LogP contribution < -0.4 is 4.74 Å². The summed E-state index contributed by atoms with van der Waals surface area (Å²) in [7, 11) is 1.98. The fourth-order valence-electron chi connectivity index (χ4n) is 4.30. The summed E-state index contributed by atoms with van der Waals surface area (Å²) < 4.78 is 19.6. The van der Waals surface area contributed by atoms with Gasteiger partial charge in [0.25, 0.3) is 5.91 Å². The zero-order valence-corrected chi connectivity index (χ0v) is 20.3. The fraction of sp³-hybridized carbons (Fsp3) is 0.370. The number of hydrogen-bond acceptors (Lipinski definition) is 6. The van der Waals surface area contributed by atoms with Crippen LogP contribution in [-0.2, 0) is 6.54 Å². The molecule has 8 heteroatoms. The van der Waals surface area contributed by atoms with Crippen LogP contribution in [0.1, 0.15) is 29.8 Å². The van der Waals surface area contributed by atoms with E-state index in [1.54, 1.807) is 41.7 Å². The molecule has 4 rings (SSSR count). The van der Waals surface area contributed by atoms with Crippen molar-refractivity contribution in [1.29, 1.82) is 0 Å². The summed E-state index contributed by atoms with van der Waals surface area (Å²) in [6.45, 7) is 5.39. The van der Waals surface area contributed by atoms with Crippen LogP contribution in [0.4, 0.5) is 4.39 Å². The van der Waals surface area contributed by atoms with E-state index in [4.69, 9.17) is 4.74 Å². The third-order valence-corrected chi connectivity index (χ3v) is 6.39. The number of aliphatic hydroxyl groups is 1. The SMILES string of the molecule is C[C@@H]1CN([C@H](C)CO)C(=O)c2cc(-c3ccncc3)cnc2O[C@H]1CN(C)Cc1ccc(F)cc1. The van der Waals surface area contributed by atoms with Gasteiger partial charge in [0.1, 0.15) is 17.5 Å². The highest BCUT2D eigenvalue weighted by atomic mass is 19.1. The molecule has 0 saturated heterocycles. The quantitative estimate of drug-likeness (QED) is 0.559. The molecular formula is C27H31FN4O3. The van der Waals surface area contributed by atoms with E-state index in [1.807, 2.05) is 33.0 Å². The minimum absolute atomic E-state index is 0.0153. The Labute approximate surface area is 205 Å². The first-order valence-corrected chi connectivity index (χ1v) is 11.8. The third kappa shape index (κ3) is 5.83. The van der Waals surface area contributed by atoms with E-state index >= 15 is 0 Å². The van der Waals surface area contributed by atoms with Gasteiger partial charge in [-0.2, -0.15) is 0 Å². The Morgan fingerprint density at radius 2 is 1.91 bits per heavy atom. The van der Waals surface area contributed by atoms with Crippen molar-refractivity contribution in [3.8, 4) is 17.0 Å². The fourth-order valence-corrected chi connectivity index (χ4v) is 4.30. The van der Waals surface area contributed by atoms with Crippen molar-refractivity contribution in [1.82, 2.24) is 19.8 Å². The second-order valence-electron chi connectivity index (χ2n) is 9.26. The lowest BCUT2D eigenvalue weighted by Gasteiger charge is -2.37. The molecule has 1 N–H and O–H groups in total. The van der Waals surface area contributed by atoms with E-state index < -0.39 is 0 Å². The van der Waals surface area contributed by atoms with Crippen molar-refractivity contribution in [2.24, 2.45) is 5.92 Å². The number of aliphatic hydroxyl groups excluding tert-OH is 1. The average Bonchev–Trinajstić information content (AvgIpc) is 2.87. The minimum atomic E-state index is -0.349. The number of carbonyl (C=O) groups is 1.